The minimum absolute atomic E-state index is 0.116. The van der Waals surface area contributed by atoms with Crippen LogP contribution in [0.25, 0.3) is 0 Å². The maximum absolute atomic E-state index is 12.4. The Balaban J connectivity index is 2.05. The molecule has 2 heterocycles. The van der Waals surface area contributed by atoms with Crippen molar-refractivity contribution in [2.24, 2.45) is 5.92 Å². The van der Waals surface area contributed by atoms with Crippen molar-refractivity contribution in [1.82, 2.24) is 4.90 Å². The summed E-state index contributed by atoms with van der Waals surface area (Å²) < 4.78 is 4.71. The van der Waals surface area contributed by atoms with Gasteiger partial charge in [-0.2, -0.15) is 0 Å². The summed E-state index contributed by atoms with van der Waals surface area (Å²) in [5.74, 6) is -0.837. The summed E-state index contributed by atoms with van der Waals surface area (Å²) in [4.78, 5) is 25.4. The number of amides is 1. The number of ether oxygens (including phenoxy) is 1. The molecule has 1 amide bonds. The predicted octanol–water partition coefficient (Wildman–Crippen LogP) is 1.26. The molecular formula is C15H17NO4. The molecule has 0 aromatic heterocycles. The highest BCUT2D eigenvalue weighted by Gasteiger charge is 2.55. The van der Waals surface area contributed by atoms with E-state index in [-0.39, 0.29) is 24.2 Å². The number of esters is 1. The topological polar surface area (TPSA) is 66.8 Å². The third-order valence-corrected chi connectivity index (χ3v) is 4.35. The van der Waals surface area contributed by atoms with Crippen LogP contribution in [-0.4, -0.2) is 35.5 Å². The highest BCUT2D eigenvalue weighted by Crippen LogP contribution is 2.47. The van der Waals surface area contributed by atoms with Crippen LogP contribution >= 0.6 is 0 Å². The third-order valence-electron chi connectivity index (χ3n) is 4.35. The third kappa shape index (κ3) is 1.66. The van der Waals surface area contributed by atoms with Gasteiger partial charge >= 0.3 is 5.97 Å². The SMILES string of the molecule is COC(=O)CC1CCCN2C(=O)c3ccccc3C12O. The first-order valence-corrected chi connectivity index (χ1v) is 6.79. The number of hydrogen-bond acceptors (Lipinski definition) is 4. The Morgan fingerprint density at radius 2 is 2.25 bits per heavy atom. The maximum Gasteiger partial charge on any atom is 0.305 e. The lowest BCUT2D eigenvalue weighted by molar-refractivity contribution is -0.166. The molecule has 1 aromatic rings. The Morgan fingerprint density at radius 1 is 1.50 bits per heavy atom. The van der Waals surface area contributed by atoms with Crippen LogP contribution in [0.4, 0.5) is 0 Å². The number of benzene rings is 1. The zero-order valence-corrected chi connectivity index (χ0v) is 11.3. The second-order valence-electron chi connectivity index (χ2n) is 5.35. The van der Waals surface area contributed by atoms with Gasteiger partial charge in [0, 0.05) is 23.6 Å². The second kappa shape index (κ2) is 4.59. The average molecular weight is 275 g/mol. The van der Waals surface area contributed by atoms with Crippen LogP contribution in [0.5, 0.6) is 0 Å². The molecule has 0 radical (unpaired) electrons. The standard InChI is InChI=1S/C15H17NO4/c1-20-13(17)9-10-5-4-8-16-14(18)11-6-2-3-7-12(11)15(10,16)19/h2-3,6-7,10,19H,4-5,8-9H2,1H3. The van der Waals surface area contributed by atoms with Gasteiger partial charge in [-0.05, 0) is 18.9 Å². The molecule has 0 saturated carbocycles. The van der Waals surface area contributed by atoms with Crippen molar-refractivity contribution in [3.05, 3.63) is 35.4 Å². The van der Waals surface area contributed by atoms with Crippen molar-refractivity contribution in [3.8, 4) is 0 Å². The van der Waals surface area contributed by atoms with Crippen LogP contribution in [-0.2, 0) is 15.3 Å². The molecule has 1 fully saturated rings. The number of carbonyl (C=O) groups is 2. The monoisotopic (exact) mass is 275 g/mol. The van der Waals surface area contributed by atoms with Gasteiger partial charge < -0.3 is 14.7 Å². The summed E-state index contributed by atoms with van der Waals surface area (Å²) in [6.45, 7) is 0.516. The summed E-state index contributed by atoms with van der Waals surface area (Å²) in [6.07, 6.45) is 1.60. The summed E-state index contributed by atoms with van der Waals surface area (Å²) >= 11 is 0. The number of carbonyl (C=O) groups excluding carboxylic acids is 2. The summed E-state index contributed by atoms with van der Waals surface area (Å²) in [5, 5.41) is 11.1. The molecular weight excluding hydrogens is 258 g/mol. The smallest absolute Gasteiger partial charge is 0.305 e. The van der Waals surface area contributed by atoms with Crippen molar-refractivity contribution in [2.45, 2.75) is 25.0 Å². The first kappa shape index (κ1) is 13.1. The zero-order valence-electron chi connectivity index (χ0n) is 11.3. The van der Waals surface area contributed by atoms with Gasteiger partial charge in [0.2, 0.25) is 0 Å². The Morgan fingerprint density at radius 3 is 3.00 bits per heavy atom. The number of aliphatic hydroxyl groups is 1. The summed E-state index contributed by atoms with van der Waals surface area (Å²) in [7, 11) is 1.33. The quantitative estimate of drug-likeness (QED) is 0.825. The Labute approximate surface area is 117 Å². The molecule has 2 unspecified atom stereocenters. The molecule has 5 heteroatoms. The minimum Gasteiger partial charge on any atom is -0.469 e. The van der Waals surface area contributed by atoms with Crippen molar-refractivity contribution in [3.63, 3.8) is 0 Å². The molecule has 1 aromatic carbocycles. The highest BCUT2D eigenvalue weighted by molar-refractivity contribution is 5.99. The molecule has 0 spiro atoms. The first-order chi connectivity index (χ1) is 9.59. The molecule has 2 atom stereocenters. The fraction of sp³-hybridized carbons (Fsp3) is 0.467. The van der Waals surface area contributed by atoms with Gasteiger partial charge in [-0.25, -0.2) is 0 Å². The van der Waals surface area contributed by atoms with Crippen molar-refractivity contribution < 1.29 is 19.4 Å². The van der Waals surface area contributed by atoms with Gasteiger partial charge in [-0.1, -0.05) is 18.2 Å². The largest absolute Gasteiger partial charge is 0.469 e. The van der Waals surface area contributed by atoms with Gasteiger partial charge in [-0.3, -0.25) is 9.59 Å². The molecule has 106 valence electrons. The summed E-state index contributed by atoms with van der Waals surface area (Å²) in [6, 6.07) is 7.08. The van der Waals surface area contributed by atoms with E-state index < -0.39 is 5.72 Å². The lowest BCUT2D eigenvalue weighted by Gasteiger charge is -2.44. The van der Waals surface area contributed by atoms with Gasteiger partial charge in [0.15, 0.2) is 5.72 Å². The van der Waals surface area contributed by atoms with E-state index in [0.29, 0.717) is 24.1 Å². The van der Waals surface area contributed by atoms with Crippen molar-refractivity contribution in [1.29, 1.82) is 0 Å². The predicted molar refractivity (Wildman–Crippen MR) is 70.7 cm³/mol. The molecule has 1 N–H and O–H groups in total. The fourth-order valence-electron chi connectivity index (χ4n) is 3.37. The van der Waals surface area contributed by atoms with Crippen molar-refractivity contribution >= 4 is 11.9 Å². The highest BCUT2D eigenvalue weighted by atomic mass is 16.5. The lowest BCUT2D eigenvalue weighted by atomic mass is 9.80. The van der Waals surface area contributed by atoms with Crippen molar-refractivity contribution in [2.75, 3.05) is 13.7 Å². The maximum atomic E-state index is 12.4. The van der Waals surface area contributed by atoms with Gasteiger partial charge in [0.05, 0.1) is 13.5 Å². The second-order valence-corrected chi connectivity index (χ2v) is 5.35. The van der Waals surface area contributed by atoms with E-state index in [9.17, 15) is 14.7 Å². The molecule has 0 aliphatic carbocycles. The van der Waals surface area contributed by atoms with Crippen LogP contribution in [0.2, 0.25) is 0 Å². The molecule has 5 nitrogen and oxygen atoms in total. The molecule has 0 bridgehead atoms. The van der Waals surface area contributed by atoms with Gasteiger partial charge in [0.25, 0.3) is 5.91 Å². The van der Waals surface area contributed by atoms with Crippen LogP contribution < -0.4 is 0 Å². The Kier molecular flexibility index (Phi) is 3.01. The molecule has 2 aliphatic rings. The van der Waals surface area contributed by atoms with Crippen LogP contribution in [0.1, 0.15) is 35.2 Å². The first-order valence-electron chi connectivity index (χ1n) is 6.79. The van der Waals surface area contributed by atoms with E-state index in [4.69, 9.17) is 4.74 Å². The fourth-order valence-corrected chi connectivity index (χ4v) is 3.37. The van der Waals surface area contributed by atoms with E-state index in [1.165, 1.54) is 12.0 Å². The Bertz CT molecular complexity index is 571. The van der Waals surface area contributed by atoms with Gasteiger partial charge in [-0.15, -0.1) is 0 Å². The van der Waals surface area contributed by atoms with E-state index in [1.807, 2.05) is 0 Å². The number of piperidine rings is 1. The molecule has 3 rings (SSSR count). The van der Waals surface area contributed by atoms with Crippen LogP contribution in [0.15, 0.2) is 24.3 Å². The molecule has 20 heavy (non-hydrogen) atoms. The number of rotatable bonds is 2. The zero-order chi connectivity index (χ0) is 14.3. The average Bonchev–Trinajstić information content (AvgIpc) is 2.70. The van der Waals surface area contributed by atoms with E-state index in [2.05, 4.69) is 0 Å². The van der Waals surface area contributed by atoms with E-state index >= 15 is 0 Å². The normalized spacial score (nSPS) is 28.0. The lowest BCUT2D eigenvalue weighted by Crippen LogP contribution is -2.53. The number of methoxy groups -OCH3 is 1. The number of nitrogens with zero attached hydrogens (tertiary/aromatic N) is 1. The molecule has 2 aliphatic heterocycles. The van der Waals surface area contributed by atoms with Crippen LogP contribution in [0.3, 0.4) is 0 Å². The number of fused-ring (bicyclic) bond motifs is 3. The van der Waals surface area contributed by atoms with E-state index in [0.717, 1.165) is 6.42 Å². The van der Waals surface area contributed by atoms with Gasteiger partial charge in [0.1, 0.15) is 0 Å². The minimum atomic E-state index is -1.37. The van der Waals surface area contributed by atoms with E-state index in [1.54, 1.807) is 24.3 Å². The van der Waals surface area contributed by atoms with Crippen LogP contribution in [0, 0.1) is 5.92 Å². The molecule has 1 saturated heterocycles. The summed E-state index contributed by atoms with van der Waals surface area (Å²) in [5.41, 5.74) is -0.231. The Hall–Kier alpha value is -1.88. The number of hydrogen-bond donors (Lipinski definition) is 1.